The Balaban J connectivity index is 2.07. The molecule has 0 aliphatic rings. The molecule has 0 aliphatic carbocycles. The highest BCUT2D eigenvalue weighted by Gasteiger charge is 2.03. The van der Waals surface area contributed by atoms with E-state index in [-0.39, 0.29) is 0 Å². The summed E-state index contributed by atoms with van der Waals surface area (Å²) >= 11 is 0. The number of nitrogens with one attached hydrogen (secondary N) is 1. The average molecular weight is 273 g/mol. The molecular formula is C15H19N3O2. The standard InChI is InChI=1S/C15H19N3O2/c1-11-17-14(16-2)10-15(18-11)20-13-6-4-12(5-7-13)8-9-19-3/h4-7,10H,8-9H2,1-3H3,(H,16,17,18). The molecule has 0 atom stereocenters. The normalized spacial score (nSPS) is 10.3. The van der Waals surface area contributed by atoms with Crippen molar-refractivity contribution in [3.8, 4) is 11.6 Å². The van der Waals surface area contributed by atoms with Gasteiger partial charge in [0.05, 0.1) is 6.61 Å². The Morgan fingerprint density at radius 2 is 1.90 bits per heavy atom. The first-order valence-corrected chi connectivity index (χ1v) is 6.50. The fourth-order valence-corrected chi connectivity index (χ4v) is 1.79. The van der Waals surface area contributed by atoms with Crippen molar-refractivity contribution >= 4 is 5.82 Å². The SMILES string of the molecule is CNc1cc(Oc2ccc(CCOC)cc2)nc(C)n1. The first-order valence-electron chi connectivity index (χ1n) is 6.50. The molecule has 0 aliphatic heterocycles. The van der Waals surface area contributed by atoms with Gasteiger partial charge in [-0.15, -0.1) is 0 Å². The number of nitrogens with zero attached hydrogens (tertiary/aromatic N) is 2. The average Bonchev–Trinajstić information content (AvgIpc) is 2.46. The van der Waals surface area contributed by atoms with Crippen LogP contribution in [0.15, 0.2) is 30.3 Å². The second-order valence-corrected chi connectivity index (χ2v) is 4.38. The van der Waals surface area contributed by atoms with E-state index in [0.29, 0.717) is 11.7 Å². The summed E-state index contributed by atoms with van der Waals surface area (Å²) in [5.74, 6) is 2.70. The second-order valence-electron chi connectivity index (χ2n) is 4.38. The topological polar surface area (TPSA) is 56.3 Å². The van der Waals surface area contributed by atoms with E-state index in [0.717, 1.165) is 24.6 Å². The highest BCUT2D eigenvalue weighted by Crippen LogP contribution is 2.22. The molecule has 2 aromatic rings. The Labute approximate surface area is 119 Å². The molecular weight excluding hydrogens is 254 g/mol. The van der Waals surface area contributed by atoms with Gasteiger partial charge >= 0.3 is 0 Å². The summed E-state index contributed by atoms with van der Waals surface area (Å²) < 4.78 is 10.8. The summed E-state index contributed by atoms with van der Waals surface area (Å²) in [5.41, 5.74) is 1.22. The van der Waals surface area contributed by atoms with E-state index in [1.54, 1.807) is 13.2 Å². The lowest BCUT2D eigenvalue weighted by Gasteiger charge is -2.08. The van der Waals surface area contributed by atoms with Crippen molar-refractivity contribution in [2.24, 2.45) is 0 Å². The van der Waals surface area contributed by atoms with Crippen LogP contribution in [0.3, 0.4) is 0 Å². The molecule has 0 spiro atoms. The Morgan fingerprint density at radius 3 is 2.55 bits per heavy atom. The summed E-state index contributed by atoms with van der Waals surface area (Å²) in [6.45, 7) is 2.55. The third-order valence-electron chi connectivity index (χ3n) is 2.81. The van der Waals surface area contributed by atoms with Gasteiger partial charge in [0.2, 0.25) is 5.88 Å². The van der Waals surface area contributed by atoms with E-state index in [1.165, 1.54) is 5.56 Å². The van der Waals surface area contributed by atoms with E-state index >= 15 is 0 Å². The molecule has 2 rings (SSSR count). The Morgan fingerprint density at radius 1 is 1.15 bits per heavy atom. The van der Waals surface area contributed by atoms with Gasteiger partial charge in [-0.05, 0) is 31.0 Å². The number of aryl methyl sites for hydroxylation is 1. The largest absolute Gasteiger partial charge is 0.439 e. The zero-order chi connectivity index (χ0) is 14.4. The maximum Gasteiger partial charge on any atom is 0.224 e. The smallest absolute Gasteiger partial charge is 0.224 e. The Hall–Kier alpha value is -2.14. The third-order valence-corrected chi connectivity index (χ3v) is 2.81. The maximum atomic E-state index is 5.74. The summed E-state index contributed by atoms with van der Waals surface area (Å²) in [5, 5.41) is 2.98. The molecule has 1 heterocycles. The fraction of sp³-hybridized carbons (Fsp3) is 0.333. The number of methoxy groups -OCH3 is 1. The van der Waals surface area contributed by atoms with Crippen LogP contribution in [0.2, 0.25) is 0 Å². The van der Waals surface area contributed by atoms with Gasteiger partial charge in [-0.3, -0.25) is 0 Å². The van der Waals surface area contributed by atoms with Crippen molar-refractivity contribution in [2.45, 2.75) is 13.3 Å². The van der Waals surface area contributed by atoms with Gasteiger partial charge in [-0.2, -0.15) is 4.98 Å². The lowest BCUT2D eigenvalue weighted by atomic mass is 10.1. The molecule has 0 amide bonds. The van der Waals surface area contributed by atoms with Crippen LogP contribution in [0.1, 0.15) is 11.4 Å². The van der Waals surface area contributed by atoms with Gasteiger partial charge < -0.3 is 14.8 Å². The number of ether oxygens (including phenoxy) is 2. The molecule has 0 saturated carbocycles. The van der Waals surface area contributed by atoms with Gasteiger partial charge in [-0.1, -0.05) is 12.1 Å². The lowest BCUT2D eigenvalue weighted by molar-refractivity contribution is 0.202. The molecule has 20 heavy (non-hydrogen) atoms. The van der Waals surface area contributed by atoms with Gasteiger partial charge in [-0.25, -0.2) is 4.98 Å². The van der Waals surface area contributed by atoms with Crippen LogP contribution < -0.4 is 10.1 Å². The molecule has 1 aromatic carbocycles. The van der Waals surface area contributed by atoms with E-state index < -0.39 is 0 Å². The molecule has 106 valence electrons. The monoisotopic (exact) mass is 273 g/mol. The first kappa shape index (κ1) is 14.3. The zero-order valence-corrected chi connectivity index (χ0v) is 12.0. The number of aromatic nitrogens is 2. The van der Waals surface area contributed by atoms with Crippen molar-refractivity contribution in [1.29, 1.82) is 0 Å². The number of rotatable bonds is 6. The van der Waals surface area contributed by atoms with E-state index in [9.17, 15) is 0 Å². The van der Waals surface area contributed by atoms with Gasteiger partial charge in [0.1, 0.15) is 17.4 Å². The van der Waals surface area contributed by atoms with Crippen molar-refractivity contribution in [3.63, 3.8) is 0 Å². The van der Waals surface area contributed by atoms with Crippen molar-refractivity contribution in [1.82, 2.24) is 9.97 Å². The van der Waals surface area contributed by atoms with Crippen LogP contribution in [0.4, 0.5) is 5.82 Å². The highest BCUT2D eigenvalue weighted by atomic mass is 16.5. The van der Waals surface area contributed by atoms with E-state index in [2.05, 4.69) is 15.3 Å². The summed E-state index contributed by atoms with van der Waals surface area (Å²) in [7, 11) is 3.52. The van der Waals surface area contributed by atoms with Gasteiger partial charge in [0, 0.05) is 20.2 Å². The minimum Gasteiger partial charge on any atom is -0.439 e. The van der Waals surface area contributed by atoms with E-state index in [4.69, 9.17) is 9.47 Å². The Bertz CT molecular complexity index is 556. The molecule has 5 nitrogen and oxygen atoms in total. The number of hydrogen-bond donors (Lipinski definition) is 1. The fourth-order valence-electron chi connectivity index (χ4n) is 1.79. The lowest BCUT2D eigenvalue weighted by Crippen LogP contribution is -1.99. The molecule has 1 N–H and O–H groups in total. The number of anilines is 1. The molecule has 0 bridgehead atoms. The van der Waals surface area contributed by atoms with E-state index in [1.807, 2.05) is 38.2 Å². The van der Waals surface area contributed by atoms with Gasteiger partial charge in [0.25, 0.3) is 0 Å². The van der Waals surface area contributed by atoms with Crippen LogP contribution in [0.5, 0.6) is 11.6 Å². The summed E-state index contributed by atoms with van der Waals surface area (Å²) in [4.78, 5) is 8.48. The maximum absolute atomic E-state index is 5.74. The van der Waals surface area contributed by atoms with Crippen molar-refractivity contribution in [3.05, 3.63) is 41.7 Å². The molecule has 0 fully saturated rings. The molecule has 0 saturated heterocycles. The van der Waals surface area contributed by atoms with Crippen LogP contribution in [-0.4, -0.2) is 30.7 Å². The van der Waals surface area contributed by atoms with Crippen LogP contribution >= 0.6 is 0 Å². The summed E-state index contributed by atoms with van der Waals surface area (Å²) in [6, 6.07) is 9.69. The predicted molar refractivity (Wildman–Crippen MR) is 78.4 cm³/mol. The quantitative estimate of drug-likeness (QED) is 0.877. The minimum atomic E-state index is 0.534. The number of hydrogen-bond acceptors (Lipinski definition) is 5. The van der Waals surface area contributed by atoms with Crippen molar-refractivity contribution < 1.29 is 9.47 Å². The third kappa shape index (κ3) is 3.93. The van der Waals surface area contributed by atoms with Crippen LogP contribution in [-0.2, 0) is 11.2 Å². The first-order chi connectivity index (χ1) is 9.71. The molecule has 0 radical (unpaired) electrons. The Kier molecular flexibility index (Phi) is 4.90. The summed E-state index contributed by atoms with van der Waals surface area (Å²) in [6.07, 6.45) is 0.896. The van der Waals surface area contributed by atoms with Gasteiger partial charge in [0.15, 0.2) is 0 Å². The molecule has 5 heteroatoms. The second kappa shape index (κ2) is 6.86. The highest BCUT2D eigenvalue weighted by molar-refractivity contribution is 5.39. The zero-order valence-electron chi connectivity index (χ0n) is 12.0. The van der Waals surface area contributed by atoms with Crippen LogP contribution in [0.25, 0.3) is 0 Å². The minimum absolute atomic E-state index is 0.534. The molecule has 1 aromatic heterocycles. The molecule has 0 unspecified atom stereocenters. The number of benzene rings is 1. The van der Waals surface area contributed by atoms with Crippen LogP contribution in [0, 0.1) is 6.92 Å². The van der Waals surface area contributed by atoms with Crippen molar-refractivity contribution in [2.75, 3.05) is 26.1 Å². The predicted octanol–water partition coefficient (Wildman–Crippen LogP) is 2.81.